The number of carbonyl (C=O) groups is 1. The van der Waals surface area contributed by atoms with Crippen LogP contribution in [0.25, 0.3) is 102 Å². The van der Waals surface area contributed by atoms with E-state index >= 15 is 0 Å². The van der Waals surface area contributed by atoms with Gasteiger partial charge in [-0.05, 0) is 35.4 Å². The Morgan fingerprint density at radius 2 is 0.844 bits per heavy atom. The molecular formula is C48H36N12O4. The first-order chi connectivity index (χ1) is 31.4. The Morgan fingerprint density at radius 1 is 0.453 bits per heavy atom. The van der Waals surface area contributed by atoms with Gasteiger partial charge in [0.15, 0.2) is 52.9 Å². The normalized spacial score (nSPS) is 11.7. The van der Waals surface area contributed by atoms with Crippen molar-refractivity contribution in [2.45, 2.75) is 6.29 Å². The van der Waals surface area contributed by atoms with E-state index in [9.17, 15) is 9.90 Å². The Morgan fingerprint density at radius 3 is 1.30 bits per heavy atom. The topological polar surface area (TPSA) is 222 Å². The summed E-state index contributed by atoms with van der Waals surface area (Å²) < 4.78 is 10.3. The van der Waals surface area contributed by atoms with Crippen molar-refractivity contribution in [3.63, 3.8) is 0 Å². The third-order valence-corrected chi connectivity index (χ3v) is 10.6. The van der Waals surface area contributed by atoms with Crippen LogP contribution in [0.3, 0.4) is 0 Å². The Labute approximate surface area is 364 Å². The van der Waals surface area contributed by atoms with Crippen LogP contribution in [0.5, 0.6) is 0 Å². The van der Waals surface area contributed by atoms with E-state index in [2.05, 4.69) is 45.8 Å². The molecule has 0 amide bonds. The third-order valence-electron chi connectivity index (χ3n) is 10.6. The standard InChI is InChI=1S/C48H36N12O4/c1-63-47(61)36-24-34(44-50-39(53-58-44)29-9-5-3-6-10-29)23-35(25-36)45-51-42(55-59-45)32-19-15-28(16-20-32)27-13-17-31(18-14-27)41-49-43(57-54-41)33-21-22-37(48(62)64-2)38(26-33)46-52-40(56-60-46)30-11-7-4-8-12-30/h3-26,48,62H,1-2H3,(H,49,54,57)(H,50,53,58)(H,51,55,59)(H,52,56,60). The molecule has 10 rings (SSSR count). The van der Waals surface area contributed by atoms with Crippen LogP contribution in [0, 0.1) is 0 Å². The summed E-state index contributed by atoms with van der Waals surface area (Å²) in [5, 5.41) is 40.6. The SMILES string of the molecule is COC(=O)c1cc(-c2n[nH]c(-c3ccccc3)n2)cc(-c2n[nH]c(-c3ccc(-c4ccc(-c5nc(-c6ccc(C(O)OC)c(-c7n[nH]c(-c8ccccc8)n7)c6)n[nH]5)cc4)cc3)n2)c1. The van der Waals surface area contributed by atoms with Crippen molar-refractivity contribution in [2.75, 3.05) is 14.2 Å². The molecule has 64 heavy (non-hydrogen) atoms. The molecule has 0 saturated heterocycles. The molecule has 0 spiro atoms. The van der Waals surface area contributed by atoms with E-state index in [0.717, 1.165) is 33.4 Å². The highest BCUT2D eigenvalue weighted by molar-refractivity contribution is 5.92. The second kappa shape index (κ2) is 17.0. The molecule has 1 unspecified atom stereocenters. The summed E-state index contributed by atoms with van der Waals surface area (Å²) in [6, 6.07) is 45.9. The molecule has 0 saturated carbocycles. The summed E-state index contributed by atoms with van der Waals surface area (Å²) in [4.78, 5) is 31.7. The maximum Gasteiger partial charge on any atom is 0.337 e. The average molecular weight is 845 g/mol. The Kier molecular flexibility index (Phi) is 10.4. The van der Waals surface area contributed by atoms with Gasteiger partial charge in [-0.15, -0.1) is 0 Å². The summed E-state index contributed by atoms with van der Waals surface area (Å²) >= 11 is 0. The molecule has 4 aromatic heterocycles. The smallest absolute Gasteiger partial charge is 0.337 e. The van der Waals surface area contributed by atoms with Gasteiger partial charge in [-0.3, -0.25) is 20.4 Å². The predicted molar refractivity (Wildman–Crippen MR) is 238 cm³/mol. The molecule has 0 radical (unpaired) electrons. The van der Waals surface area contributed by atoms with Gasteiger partial charge < -0.3 is 14.6 Å². The number of aromatic amines is 4. The molecule has 0 bridgehead atoms. The minimum atomic E-state index is -1.19. The van der Waals surface area contributed by atoms with E-state index in [0.29, 0.717) is 80.0 Å². The number of aliphatic hydroxyl groups is 1. The first-order valence-corrected chi connectivity index (χ1v) is 20.0. The van der Waals surface area contributed by atoms with Crippen molar-refractivity contribution >= 4 is 5.97 Å². The Balaban J connectivity index is 0.858. The van der Waals surface area contributed by atoms with Crippen molar-refractivity contribution in [1.82, 2.24) is 60.7 Å². The van der Waals surface area contributed by atoms with E-state index < -0.39 is 12.3 Å². The first-order valence-electron chi connectivity index (χ1n) is 20.0. The molecule has 10 aromatic rings. The van der Waals surface area contributed by atoms with Gasteiger partial charge in [0.25, 0.3) is 0 Å². The number of rotatable bonds is 12. The Bertz CT molecular complexity index is 3230. The summed E-state index contributed by atoms with van der Waals surface area (Å²) in [6.07, 6.45) is -1.19. The maximum atomic E-state index is 12.7. The molecule has 6 aromatic carbocycles. The van der Waals surface area contributed by atoms with Crippen LogP contribution in [-0.2, 0) is 9.47 Å². The maximum absolute atomic E-state index is 12.7. The molecule has 0 aliphatic rings. The number of nitrogens with one attached hydrogen (secondary N) is 4. The third kappa shape index (κ3) is 7.84. The fourth-order valence-electron chi connectivity index (χ4n) is 7.26. The molecule has 312 valence electrons. The quantitative estimate of drug-likeness (QED) is 0.0576. The second-order valence-electron chi connectivity index (χ2n) is 14.6. The number of carbonyl (C=O) groups excluding carboxylic acids is 1. The van der Waals surface area contributed by atoms with Crippen LogP contribution < -0.4 is 0 Å². The number of hydrogen-bond acceptors (Lipinski definition) is 12. The fourth-order valence-corrected chi connectivity index (χ4v) is 7.26. The van der Waals surface area contributed by atoms with Crippen LogP contribution in [-0.4, -0.2) is 86.0 Å². The number of benzene rings is 6. The highest BCUT2D eigenvalue weighted by Crippen LogP contribution is 2.34. The number of aliphatic hydroxyl groups excluding tert-OH is 1. The lowest BCUT2D eigenvalue weighted by Crippen LogP contribution is -2.03. The minimum absolute atomic E-state index is 0.316. The van der Waals surface area contributed by atoms with Crippen molar-refractivity contribution < 1.29 is 19.4 Å². The van der Waals surface area contributed by atoms with Gasteiger partial charge in [0.1, 0.15) is 0 Å². The lowest BCUT2D eigenvalue weighted by Gasteiger charge is -2.13. The van der Waals surface area contributed by atoms with Crippen molar-refractivity contribution in [3.05, 3.63) is 157 Å². The van der Waals surface area contributed by atoms with Crippen LogP contribution in [0.1, 0.15) is 22.2 Å². The summed E-state index contributed by atoms with van der Waals surface area (Å²) in [5.74, 6) is 3.52. The number of aromatic nitrogens is 12. The minimum Gasteiger partial charge on any atom is -0.465 e. The van der Waals surface area contributed by atoms with Gasteiger partial charge in [0.2, 0.25) is 0 Å². The summed E-state index contributed by atoms with van der Waals surface area (Å²) in [6.45, 7) is 0. The van der Waals surface area contributed by atoms with Crippen LogP contribution >= 0.6 is 0 Å². The highest BCUT2D eigenvalue weighted by Gasteiger charge is 2.21. The highest BCUT2D eigenvalue weighted by atomic mass is 16.6. The van der Waals surface area contributed by atoms with Crippen LogP contribution in [0.2, 0.25) is 0 Å². The number of hydrogen-bond donors (Lipinski definition) is 5. The lowest BCUT2D eigenvalue weighted by atomic mass is 10.0. The van der Waals surface area contributed by atoms with Crippen molar-refractivity contribution in [1.29, 1.82) is 0 Å². The zero-order chi connectivity index (χ0) is 43.6. The molecule has 16 heteroatoms. The molecule has 16 nitrogen and oxygen atoms in total. The van der Waals surface area contributed by atoms with E-state index in [1.807, 2.05) is 127 Å². The summed E-state index contributed by atoms with van der Waals surface area (Å²) in [7, 11) is 2.77. The summed E-state index contributed by atoms with van der Waals surface area (Å²) in [5.41, 5.74) is 8.75. The number of ether oxygens (including phenoxy) is 2. The average Bonchev–Trinajstić information content (AvgIpc) is 4.22. The fraction of sp³-hybridized carbons (Fsp3) is 0.0625. The molecule has 0 aliphatic heterocycles. The van der Waals surface area contributed by atoms with E-state index in [4.69, 9.17) is 24.4 Å². The molecule has 5 N–H and O–H groups in total. The molecular weight excluding hydrogens is 809 g/mol. The van der Waals surface area contributed by atoms with Gasteiger partial charge in [-0.2, -0.15) is 20.4 Å². The van der Waals surface area contributed by atoms with Gasteiger partial charge in [-0.25, -0.2) is 24.7 Å². The largest absolute Gasteiger partial charge is 0.465 e. The van der Waals surface area contributed by atoms with Gasteiger partial charge in [0.05, 0.1) is 12.7 Å². The van der Waals surface area contributed by atoms with Crippen LogP contribution in [0.4, 0.5) is 0 Å². The second-order valence-corrected chi connectivity index (χ2v) is 14.6. The number of methoxy groups -OCH3 is 2. The first kappa shape index (κ1) is 39.4. The predicted octanol–water partition coefficient (Wildman–Crippen LogP) is 8.59. The van der Waals surface area contributed by atoms with Gasteiger partial charge in [0, 0.05) is 57.2 Å². The number of H-pyrrole nitrogens is 4. The molecule has 0 fully saturated rings. The molecule has 1 atom stereocenters. The lowest BCUT2D eigenvalue weighted by molar-refractivity contribution is -0.0765. The zero-order valence-corrected chi connectivity index (χ0v) is 34.2. The monoisotopic (exact) mass is 844 g/mol. The Hall–Kier alpha value is -8.73. The van der Waals surface area contributed by atoms with E-state index in [-0.39, 0.29) is 0 Å². The van der Waals surface area contributed by atoms with Crippen molar-refractivity contribution in [3.8, 4) is 102 Å². The van der Waals surface area contributed by atoms with E-state index in [1.54, 1.807) is 18.2 Å². The number of nitrogens with zero attached hydrogens (tertiary/aromatic N) is 8. The zero-order valence-electron chi connectivity index (χ0n) is 34.2. The molecule has 0 aliphatic carbocycles. The van der Waals surface area contributed by atoms with Gasteiger partial charge >= 0.3 is 5.97 Å². The van der Waals surface area contributed by atoms with Crippen molar-refractivity contribution in [2.24, 2.45) is 0 Å². The molecule has 4 heterocycles. The van der Waals surface area contributed by atoms with E-state index in [1.165, 1.54) is 14.2 Å². The van der Waals surface area contributed by atoms with Crippen LogP contribution in [0.15, 0.2) is 146 Å². The number of esters is 1. The van der Waals surface area contributed by atoms with Gasteiger partial charge in [-0.1, -0.05) is 121 Å².